The molecule has 11 heteroatoms. The second-order valence-corrected chi connectivity index (χ2v) is 11.6. The SMILES string of the molecule is COc1cc(OCC2CC2)c(-c2ncnc3c(C(=O)N[C@H]4CC[C@H](NC(=O)OC(C)(C)C)CC4)c[nH]c23)cc1F. The minimum Gasteiger partial charge on any atom is -0.494 e. The number of aromatic amines is 1. The van der Waals surface area contributed by atoms with E-state index in [0.717, 1.165) is 38.5 Å². The Labute approximate surface area is 232 Å². The van der Waals surface area contributed by atoms with Crippen LogP contribution in [0, 0.1) is 11.7 Å². The predicted molar refractivity (Wildman–Crippen MR) is 147 cm³/mol. The molecule has 1 aromatic carbocycles. The lowest BCUT2D eigenvalue weighted by Crippen LogP contribution is -2.45. The van der Waals surface area contributed by atoms with Gasteiger partial charge in [-0.05, 0) is 71.3 Å². The van der Waals surface area contributed by atoms with E-state index in [1.54, 1.807) is 6.20 Å². The Bertz CT molecular complexity index is 1390. The van der Waals surface area contributed by atoms with Crippen molar-refractivity contribution in [1.29, 1.82) is 0 Å². The van der Waals surface area contributed by atoms with Crippen molar-refractivity contribution in [3.63, 3.8) is 0 Å². The molecule has 40 heavy (non-hydrogen) atoms. The topological polar surface area (TPSA) is 127 Å². The second kappa shape index (κ2) is 11.3. The number of carbonyl (C=O) groups is 2. The Morgan fingerprint density at radius 2 is 1.73 bits per heavy atom. The highest BCUT2D eigenvalue weighted by Crippen LogP contribution is 2.39. The number of benzene rings is 1. The molecule has 2 aliphatic carbocycles. The van der Waals surface area contributed by atoms with Crippen molar-refractivity contribution >= 4 is 23.0 Å². The lowest BCUT2D eigenvalue weighted by Gasteiger charge is -2.30. The highest BCUT2D eigenvalue weighted by Gasteiger charge is 2.28. The number of nitrogens with zero attached hydrogens (tertiary/aromatic N) is 2. The molecule has 2 amide bonds. The maximum atomic E-state index is 14.8. The van der Waals surface area contributed by atoms with E-state index in [1.165, 1.54) is 25.6 Å². The van der Waals surface area contributed by atoms with E-state index >= 15 is 0 Å². The first-order valence-corrected chi connectivity index (χ1v) is 13.7. The monoisotopic (exact) mass is 553 g/mol. The maximum Gasteiger partial charge on any atom is 0.407 e. The Balaban J connectivity index is 1.29. The third-order valence-corrected chi connectivity index (χ3v) is 7.17. The van der Waals surface area contributed by atoms with Gasteiger partial charge in [0.1, 0.15) is 28.9 Å². The fourth-order valence-electron chi connectivity index (χ4n) is 4.92. The number of H-pyrrole nitrogens is 1. The van der Waals surface area contributed by atoms with Crippen molar-refractivity contribution < 1.29 is 28.2 Å². The second-order valence-electron chi connectivity index (χ2n) is 11.6. The van der Waals surface area contributed by atoms with Gasteiger partial charge in [-0.15, -0.1) is 0 Å². The normalized spacial score (nSPS) is 19.2. The van der Waals surface area contributed by atoms with Crippen LogP contribution in [-0.2, 0) is 4.74 Å². The molecule has 5 rings (SSSR count). The number of fused-ring (bicyclic) bond motifs is 1. The highest BCUT2D eigenvalue weighted by atomic mass is 19.1. The van der Waals surface area contributed by atoms with E-state index in [2.05, 4.69) is 25.6 Å². The summed E-state index contributed by atoms with van der Waals surface area (Å²) in [6, 6.07) is 2.85. The van der Waals surface area contributed by atoms with Crippen molar-refractivity contribution in [2.45, 2.75) is 77.0 Å². The molecular weight excluding hydrogens is 517 g/mol. The molecule has 3 aromatic rings. The van der Waals surface area contributed by atoms with Crippen LogP contribution in [0.15, 0.2) is 24.7 Å². The lowest BCUT2D eigenvalue weighted by atomic mass is 9.91. The van der Waals surface area contributed by atoms with Gasteiger partial charge in [-0.3, -0.25) is 4.79 Å². The van der Waals surface area contributed by atoms with E-state index in [-0.39, 0.29) is 23.7 Å². The van der Waals surface area contributed by atoms with Crippen LogP contribution in [0.4, 0.5) is 9.18 Å². The van der Waals surface area contributed by atoms with Gasteiger partial charge in [-0.25, -0.2) is 19.2 Å². The molecule has 2 fully saturated rings. The van der Waals surface area contributed by atoms with E-state index in [0.29, 0.717) is 46.1 Å². The zero-order valence-electron chi connectivity index (χ0n) is 23.3. The zero-order valence-corrected chi connectivity index (χ0v) is 23.3. The van der Waals surface area contributed by atoms with E-state index in [4.69, 9.17) is 14.2 Å². The Hall–Kier alpha value is -3.89. The number of hydrogen-bond acceptors (Lipinski definition) is 7. The van der Waals surface area contributed by atoms with Crippen LogP contribution < -0.4 is 20.1 Å². The van der Waals surface area contributed by atoms with E-state index in [9.17, 15) is 14.0 Å². The number of amides is 2. The summed E-state index contributed by atoms with van der Waals surface area (Å²) in [6.45, 7) is 6.02. The van der Waals surface area contributed by atoms with Gasteiger partial charge in [0, 0.05) is 29.9 Å². The molecule has 2 aliphatic rings. The first-order valence-electron chi connectivity index (χ1n) is 13.7. The molecular formula is C29H36FN5O5. The quantitative estimate of drug-likeness (QED) is 0.353. The molecule has 2 aromatic heterocycles. The van der Waals surface area contributed by atoms with Crippen molar-refractivity contribution in [3.8, 4) is 22.8 Å². The van der Waals surface area contributed by atoms with Gasteiger partial charge >= 0.3 is 6.09 Å². The van der Waals surface area contributed by atoms with Crippen molar-refractivity contribution in [2.24, 2.45) is 5.92 Å². The van der Waals surface area contributed by atoms with Crippen molar-refractivity contribution in [1.82, 2.24) is 25.6 Å². The average Bonchev–Trinajstić information content (AvgIpc) is 3.63. The van der Waals surface area contributed by atoms with Gasteiger partial charge in [-0.1, -0.05) is 0 Å². The van der Waals surface area contributed by atoms with Gasteiger partial charge in [0.25, 0.3) is 5.91 Å². The fraction of sp³-hybridized carbons (Fsp3) is 0.517. The van der Waals surface area contributed by atoms with Crippen LogP contribution in [0.2, 0.25) is 0 Å². The Morgan fingerprint density at radius 1 is 1.02 bits per heavy atom. The summed E-state index contributed by atoms with van der Waals surface area (Å²) in [4.78, 5) is 37.2. The van der Waals surface area contributed by atoms with Crippen LogP contribution in [0.25, 0.3) is 22.3 Å². The van der Waals surface area contributed by atoms with Crippen LogP contribution in [0.3, 0.4) is 0 Å². The molecule has 0 saturated heterocycles. The number of ether oxygens (including phenoxy) is 3. The predicted octanol–water partition coefficient (Wildman–Crippen LogP) is 5.13. The number of methoxy groups -OCH3 is 1. The van der Waals surface area contributed by atoms with E-state index < -0.39 is 17.5 Å². The van der Waals surface area contributed by atoms with Gasteiger partial charge in [-0.2, -0.15) is 0 Å². The zero-order chi connectivity index (χ0) is 28.4. The minimum atomic E-state index is -0.551. The molecule has 214 valence electrons. The number of hydrogen-bond donors (Lipinski definition) is 3. The summed E-state index contributed by atoms with van der Waals surface area (Å²) < 4.78 is 31.3. The van der Waals surface area contributed by atoms with Gasteiger partial charge < -0.3 is 29.8 Å². The Morgan fingerprint density at radius 3 is 2.38 bits per heavy atom. The number of aromatic nitrogens is 3. The summed E-state index contributed by atoms with van der Waals surface area (Å²) in [5.41, 5.74) is 1.67. The van der Waals surface area contributed by atoms with Gasteiger partial charge in [0.05, 0.1) is 24.8 Å². The molecule has 0 radical (unpaired) electrons. The third kappa shape index (κ3) is 6.46. The van der Waals surface area contributed by atoms with Crippen molar-refractivity contribution in [3.05, 3.63) is 36.0 Å². The fourth-order valence-corrected chi connectivity index (χ4v) is 4.92. The first-order chi connectivity index (χ1) is 19.1. The molecule has 0 aliphatic heterocycles. The van der Waals surface area contributed by atoms with Crippen LogP contribution >= 0.6 is 0 Å². The number of halogens is 1. The summed E-state index contributed by atoms with van der Waals surface area (Å²) in [6.07, 6.45) is 7.68. The first kappa shape index (κ1) is 27.7. The molecule has 0 unspecified atom stereocenters. The number of alkyl carbamates (subject to hydrolysis) is 1. The van der Waals surface area contributed by atoms with Crippen molar-refractivity contribution in [2.75, 3.05) is 13.7 Å². The van der Waals surface area contributed by atoms with Gasteiger partial charge in [0.2, 0.25) is 0 Å². The molecule has 3 N–H and O–H groups in total. The summed E-state index contributed by atoms with van der Waals surface area (Å²) in [5, 5.41) is 6.01. The smallest absolute Gasteiger partial charge is 0.407 e. The summed E-state index contributed by atoms with van der Waals surface area (Å²) >= 11 is 0. The molecule has 0 bridgehead atoms. The van der Waals surface area contributed by atoms with Crippen LogP contribution in [0.5, 0.6) is 11.5 Å². The largest absolute Gasteiger partial charge is 0.494 e. The number of nitrogens with one attached hydrogen (secondary N) is 3. The van der Waals surface area contributed by atoms with E-state index in [1.807, 2.05) is 20.8 Å². The minimum absolute atomic E-state index is 0.00705. The van der Waals surface area contributed by atoms with Crippen LogP contribution in [-0.4, -0.2) is 58.4 Å². The highest BCUT2D eigenvalue weighted by molar-refractivity contribution is 6.08. The number of rotatable bonds is 8. The van der Waals surface area contributed by atoms with Crippen LogP contribution in [0.1, 0.15) is 69.7 Å². The molecule has 10 nitrogen and oxygen atoms in total. The average molecular weight is 554 g/mol. The standard InChI is InChI=1S/C29H36FN5O5/c1-29(2,3)40-28(37)35-18-9-7-17(8-10-18)34-27(36)20-13-31-26-24(32-15-33-25(20)26)19-11-21(30)23(38-4)12-22(19)39-14-16-5-6-16/h11-13,15-18,31H,5-10,14H2,1-4H3,(H,34,36)(H,35,37)/t17-,18-. The number of carbonyl (C=O) groups excluding carboxylic acids is 2. The third-order valence-electron chi connectivity index (χ3n) is 7.17. The van der Waals surface area contributed by atoms with Gasteiger partial charge in [0.15, 0.2) is 11.6 Å². The lowest BCUT2D eigenvalue weighted by molar-refractivity contribution is 0.0488. The summed E-state index contributed by atoms with van der Waals surface area (Å²) in [5.74, 6) is 0.248. The molecule has 0 spiro atoms. The Kier molecular flexibility index (Phi) is 7.82. The summed E-state index contributed by atoms with van der Waals surface area (Å²) in [7, 11) is 1.41. The maximum absolute atomic E-state index is 14.8. The molecule has 2 heterocycles. The molecule has 2 saturated carbocycles. The molecule has 0 atom stereocenters.